The van der Waals surface area contributed by atoms with Crippen molar-refractivity contribution in [3.63, 3.8) is 0 Å². The van der Waals surface area contributed by atoms with Gasteiger partial charge >= 0.3 is 6.09 Å². The number of amides is 3. The Balaban J connectivity index is 1.18. The van der Waals surface area contributed by atoms with Gasteiger partial charge in [0.15, 0.2) is 6.29 Å². The molecule has 3 aliphatic rings. The van der Waals surface area contributed by atoms with Crippen LogP contribution in [0.3, 0.4) is 0 Å². The van der Waals surface area contributed by atoms with Crippen molar-refractivity contribution < 1.29 is 33.7 Å². The maximum Gasteiger partial charge on any atom is 0.408 e. The van der Waals surface area contributed by atoms with Crippen molar-refractivity contribution in [2.24, 2.45) is 5.92 Å². The number of carbonyl (C=O) groups excluding carboxylic acids is 3. The summed E-state index contributed by atoms with van der Waals surface area (Å²) in [6.45, 7) is 5.03. The van der Waals surface area contributed by atoms with E-state index in [-0.39, 0.29) is 37.8 Å². The number of ether oxygens (including phenoxy) is 3. The summed E-state index contributed by atoms with van der Waals surface area (Å²) in [5.41, 5.74) is 3.71. The number of alkyl carbamates (subject to hydrolysis) is 1. The Morgan fingerprint density at radius 1 is 0.913 bits per heavy atom. The first-order chi connectivity index (χ1) is 22.4. The number of aliphatic hydroxyl groups is 1. The SMILES string of the molecule is CC1C(CN2CCCCC2)OC(c2cccc(N3C(=O)CC(NC(=O)OCc4ccccc4)C3=O)c2)OC1c1ccc(CO)cc1. The highest BCUT2D eigenvalue weighted by Crippen LogP contribution is 2.42. The van der Waals surface area contributed by atoms with Gasteiger partial charge in [-0.25, -0.2) is 9.69 Å². The summed E-state index contributed by atoms with van der Waals surface area (Å²) in [6, 6.07) is 23.1. The molecule has 2 N–H and O–H groups in total. The van der Waals surface area contributed by atoms with E-state index in [0.29, 0.717) is 11.3 Å². The molecule has 3 amide bonds. The average molecular weight is 628 g/mol. The highest BCUT2D eigenvalue weighted by Gasteiger charge is 2.42. The molecule has 3 aliphatic heterocycles. The lowest BCUT2D eigenvalue weighted by molar-refractivity contribution is -0.276. The topological polar surface area (TPSA) is 118 Å². The van der Waals surface area contributed by atoms with Crippen LogP contribution in [0.2, 0.25) is 0 Å². The molecule has 0 saturated carbocycles. The maximum atomic E-state index is 13.4. The zero-order valence-electron chi connectivity index (χ0n) is 26.0. The molecule has 5 atom stereocenters. The molecule has 0 radical (unpaired) electrons. The summed E-state index contributed by atoms with van der Waals surface area (Å²) in [7, 11) is 0. The molecule has 3 aromatic rings. The van der Waals surface area contributed by atoms with Crippen LogP contribution in [-0.2, 0) is 37.0 Å². The monoisotopic (exact) mass is 627 g/mol. The van der Waals surface area contributed by atoms with E-state index in [2.05, 4.69) is 17.1 Å². The fourth-order valence-corrected chi connectivity index (χ4v) is 6.46. The molecule has 3 saturated heterocycles. The molecule has 3 fully saturated rings. The van der Waals surface area contributed by atoms with Crippen LogP contribution in [0.1, 0.15) is 67.3 Å². The standard InChI is InChI=1S/C36H41N3O7/c1-24-31(21-38-17-6-3-7-18-38)45-35(46-33(24)27-15-13-25(22-40)14-16-27)28-11-8-12-29(19-28)39-32(41)20-30(34(39)42)37-36(43)44-23-26-9-4-2-5-10-26/h2,4-5,8-16,19,24,30-31,33,35,40H,3,6-7,17-18,20-23H2,1H3,(H,37,43). The van der Waals surface area contributed by atoms with Crippen LogP contribution in [0.4, 0.5) is 10.5 Å². The number of hydrogen-bond acceptors (Lipinski definition) is 8. The van der Waals surface area contributed by atoms with E-state index >= 15 is 0 Å². The molecule has 5 unspecified atom stereocenters. The van der Waals surface area contributed by atoms with Gasteiger partial charge in [0.2, 0.25) is 5.91 Å². The number of aliphatic hydroxyl groups excluding tert-OH is 1. The van der Waals surface area contributed by atoms with Gasteiger partial charge in [-0.05, 0) is 54.8 Å². The van der Waals surface area contributed by atoms with Gasteiger partial charge in [0.1, 0.15) is 12.6 Å². The molecule has 3 aromatic carbocycles. The normalized spacial score (nSPS) is 25.4. The zero-order chi connectivity index (χ0) is 32.0. The highest BCUT2D eigenvalue weighted by molar-refractivity contribution is 6.22. The third-order valence-corrected chi connectivity index (χ3v) is 9.06. The van der Waals surface area contributed by atoms with Crippen LogP contribution in [0.15, 0.2) is 78.9 Å². The molecule has 3 heterocycles. The zero-order valence-corrected chi connectivity index (χ0v) is 26.0. The summed E-state index contributed by atoms with van der Waals surface area (Å²) in [5, 5.41) is 12.1. The van der Waals surface area contributed by atoms with Gasteiger partial charge in [0.25, 0.3) is 5.91 Å². The van der Waals surface area contributed by atoms with Gasteiger partial charge < -0.3 is 29.5 Å². The first kappa shape index (κ1) is 31.9. The number of piperidine rings is 1. The van der Waals surface area contributed by atoms with Crippen LogP contribution >= 0.6 is 0 Å². The van der Waals surface area contributed by atoms with Gasteiger partial charge in [-0.2, -0.15) is 0 Å². The number of anilines is 1. The summed E-state index contributed by atoms with van der Waals surface area (Å²) in [5.74, 6) is -0.890. The van der Waals surface area contributed by atoms with E-state index in [0.717, 1.165) is 41.2 Å². The van der Waals surface area contributed by atoms with Crippen LogP contribution in [0, 0.1) is 5.92 Å². The Morgan fingerprint density at radius 3 is 2.41 bits per heavy atom. The minimum Gasteiger partial charge on any atom is -0.445 e. The Hall–Kier alpha value is -4.09. The molecule has 10 heteroatoms. The van der Waals surface area contributed by atoms with Gasteiger partial charge in [-0.1, -0.05) is 80.1 Å². The fourth-order valence-electron chi connectivity index (χ4n) is 6.46. The van der Waals surface area contributed by atoms with Crippen molar-refractivity contribution >= 4 is 23.6 Å². The van der Waals surface area contributed by atoms with E-state index < -0.39 is 30.2 Å². The van der Waals surface area contributed by atoms with Gasteiger partial charge in [-0.15, -0.1) is 0 Å². The number of carbonyl (C=O) groups is 3. The van der Waals surface area contributed by atoms with Gasteiger partial charge in [-0.3, -0.25) is 9.59 Å². The van der Waals surface area contributed by atoms with Crippen molar-refractivity contribution in [1.82, 2.24) is 10.2 Å². The maximum absolute atomic E-state index is 13.4. The third kappa shape index (κ3) is 7.31. The first-order valence-corrected chi connectivity index (χ1v) is 16.1. The molecule has 0 aromatic heterocycles. The number of rotatable bonds is 9. The summed E-state index contributed by atoms with van der Waals surface area (Å²) in [4.78, 5) is 42.5. The lowest BCUT2D eigenvalue weighted by atomic mass is 9.89. The lowest BCUT2D eigenvalue weighted by Crippen LogP contribution is -2.45. The Kier molecular flexibility index (Phi) is 10.1. The smallest absolute Gasteiger partial charge is 0.408 e. The van der Waals surface area contributed by atoms with Gasteiger partial charge in [0, 0.05) is 18.0 Å². The molecule has 10 nitrogen and oxygen atoms in total. The molecular formula is C36H41N3O7. The largest absolute Gasteiger partial charge is 0.445 e. The predicted octanol–water partition coefficient (Wildman–Crippen LogP) is 5.01. The highest BCUT2D eigenvalue weighted by atomic mass is 16.7. The Morgan fingerprint density at radius 2 is 1.67 bits per heavy atom. The van der Waals surface area contributed by atoms with E-state index in [1.165, 1.54) is 19.3 Å². The molecule has 242 valence electrons. The molecule has 46 heavy (non-hydrogen) atoms. The second kappa shape index (κ2) is 14.6. The van der Waals surface area contributed by atoms with Crippen molar-refractivity contribution in [2.75, 3.05) is 24.5 Å². The summed E-state index contributed by atoms with van der Waals surface area (Å²) in [6.07, 6.45) is 1.55. The Labute approximate surface area is 269 Å². The van der Waals surface area contributed by atoms with Crippen LogP contribution in [0.5, 0.6) is 0 Å². The van der Waals surface area contributed by atoms with E-state index in [9.17, 15) is 19.5 Å². The second-order valence-corrected chi connectivity index (χ2v) is 12.3. The molecule has 6 rings (SSSR count). The quantitative estimate of drug-likeness (QED) is 0.318. The minimum absolute atomic E-state index is 0.0311. The van der Waals surface area contributed by atoms with Crippen molar-refractivity contribution in [3.05, 3.63) is 101 Å². The molecule has 0 spiro atoms. The Bertz CT molecular complexity index is 1510. The number of nitrogens with zero attached hydrogens (tertiary/aromatic N) is 2. The summed E-state index contributed by atoms with van der Waals surface area (Å²) >= 11 is 0. The van der Waals surface area contributed by atoms with Gasteiger partial charge in [0.05, 0.1) is 30.9 Å². The predicted molar refractivity (Wildman–Crippen MR) is 170 cm³/mol. The molecule has 0 bridgehead atoms. The number of likely N-dealkylation sites (tertiary alicyclic amines) is 1. The first-order valence-electron chi connectivity index (χ1n) is 16.1. The van der Waals surface area contributed by atoms with Crippen molar-refractivity contribution in [1.29, 1.82) is 0 Å². The fraction of sp³-hybridized carbons (Fsp3) is 0.417. The summed E-state index contributed by atoms with van der Waals surface area (Å²) < 4.78 is 18.5. The average Bonchev–Trinajstić information content (AvgIpc) is 3.37. The van der Waals surface area contributed by atoms with E-state index in [1.54, 1.807) is 18.2 Å². The lowest BCUT2D eigenvalue weighted by Gasteiger charge is -2.43. The third-order valence-electron chi connectivity index (χ3n) is 9.06. The van der Waals surface area contributed by atoms with Crippen LogP contribution in [-0.4, -0.2) is 59.7 Å². The number of imide groups is 1. The number of nitrogens with one attached hydrogen (secondary N) is 1. The minimum atomic E-state index is -1.03. The van der Waals surface area contributed by atoms with E-state index in [1.807, 2.05) is 60.7 Å². The second-order valence-electron chi connectivity index (χ2n) is 12.3. The van der Waals surface area contributed by atoms with Crippen LogP contribution in [0.25, 0.3) is 0 Å². The van der Waals surface area contributed by atoms with Crippen molar-refractivity contribution in [2.45, 2.75) is 70.4 Å². The molecule has 0 aliphatic carbocycles. The van der Waals surface area contributed by atoms with Crippen LogP contribution < -0.4 is 10.2 Å². The van der Waals surface area contributed by atoms with Crippen molar-refractivity contribution in [3.8, 4) is 0 Å². The number of hydrogen-bond donors (Lipinski definition) is 2. The molecular weight excluding hydrogens is 586 g/mol. The number of benzene rings is 3. The van der Waals surface area contributed by atoms with E-state index in [4.69, 9.17) is 14.2 Å².